The summed E-state index contributed by atoms with van der Waals surface area (Å²) in [6.45, 7) is 3.13. The Morgan fingerprint density at radius 3 is 2.41 bits per heavy atom. The molecule has 1 fully saturated rings. The van der Waals surface area contributed by atoms with Crippen molar-refractivity contribution in [2.75, 3.05) is 19.6 Å². The van der Waals surface area contributed by atoms with Crippen LogP contribution in [0.4, 0.5) is 13.2 Å². The van der Waals surface area contributed by atoms with Crippen LogP contribution < -0.4 is 5.73 Å². The van der Waals surface area contributed by atoms with Crippen LogP contribution in [0.3, 0.4) is 0 Å². The number of piperidine rings is 1. The van der Waals surface area contributed by atoms with Crippen LogP contribution in [0.2, 0.25) is 0 Å². The standard InChI is InChI=1S/C10H18F3N3O/c1-7(9(14)15-17)6-16-4-2-8(3-5-16)10(11,12)13/h7-8,17H,2-6H2,1H3,(H2,14,15). The minimum Gasteiger partial charge on any atom is -0.409 e. The largest absolute Gasteiger partial charge is 0.409 e. The van der Waals surface area contributed by atoms with Crippen molar-refractivity contribution in [1.82, 2.24) is 4.90 Å². The van der Waals surface area contributed by atoms with Crippen molar-refractivity contribution in [1.29, 1.82) is 0 Å². The lowest BCUT2D eigenvalue weighted by Gasteiger charge is -2.34. The lowest BCUT2D eigenvalue weighted by molar-refractivity contribution is -0.185. The number of alkyl halides is 3. The van der Waals surface area contributed by atoms with Crippen LogP contribution in [-0.4, -0.2) is 41.8 Å². The Morgan fingerprint density at radius 1 is 1.47 bits per heavy atom. The number of amidine groups is 1. The van der Waals surface area contributed by atoms with Crippen molar-refractivity contribution < 1.29 is 18.4 Å². The van der Waals surface area contributed by atoms with E-state index in [9.17, 15) is 13.2 Å². The van der Waals surface area contributed by atoms with E-state index in [1.54, 1.807) is 6.92 Å². The van der Waals surface area contributed by atoms with E-state index in [1.165, 1.54) is 0 Å². The van der Waals surface area contributed by atoms with Crippen LogP contribution in [-0.2, 0) is 0 Å². The van der Waals surface area contributed by atoms with E-state index in [2.05, 4.69) is 5.16 Å². The molecule has 1 heterocycles. The summed E-state index contributed by atoms with van der Waals surface area (Å²) in [6.07, 6.45) is -3.82. The highest BCUT2D eigenvalue weighted by molar-refractivity contribution is 5.82. The number of oxime groups is 1. The molecule has 0 aromatic rings. The first-order chi connectivity index (χ1) is 7.84. The molecule has 1 atom stereocenters. The number of nitrogens with two attached hydrogens (primary N) is 1. The van der Waals surface area contributed by atoms with Gasteiger partial charge in [0.1, 0.15) is 5.84 Å². The Hall–Kier alpha value is -0.980. The van der Waals surface area contributed by atoms with Crippen LogP contribution in [0.5, 0.6) is 0 Å². The number of halogens is 3. The SMILES string of the molecule is CC(CN1CCC(C(F)(F)F)CC1)/C(N)=N/O. The number of hydrogen-bond acceptors (Lipinski definition) is 3. The molecule has 100 valence electrons. The van der Waals surface area contributed by atoms with Crippen LogP contribution in [0.1, 0.15) is 19.8 Å². The monoisotopic (exact) mass is 253 g/mol. The molecule has 1 aliphatic heterocycles. The molecular formula is C10H18F3N3O. The van der Waals surface area contributed by atoms with Crippen LogP contribution >= 0.6 is 0 Å². The second kappa shape index (κ2) is 5.57. The van der Waals surface area contributed by atoms with Gasteiger partial charge in [0.2, 0.25) is 0 Å². The average Bonchev–Trinajstić information content (AvgIpc) is 2.27. The predicted octanol–water partition coefficient (Wildman–Crippen LogP) is 1.64. The van der Waals surface area contributed by atoms with Gasteiger partial charge in [-0.3, -0.25) is 0 Å². The molecule has 0 aromatic carbocycles. The van der Waals surface area contributed by atoms with Gasteiger partial charge < -0.3 is 15.8 Å². The van der Waals surface area contributed by atoms with E-state index >= 15 is 0 Å². The summed E-state index contributed by atoms with van der Waals surface area (Å²) in [5, 5.41) is 11.4. The van der Waals surface area contributed by atoms with E-state index in [0.717, 1.165) is 0 Å². The second-order valence-corrected chi connectivity index (χ2v) is 4.54. The molecule has 0 aromatic heterocycles. The molecular weight excluding hydrogens is 235 g/mol. The highest BCUT2D eigenvalue weighted by Crippen LogP contribution is 2.34. The molecule has 0 amide bonds. The maximum Gasteiger partial charge on any atom is 0.391 e. The first kappa shape index (κ1) is 14.1. The lowest BCUT2D eigenvalue weighted by Crippen LogP contribution is -2.42. The lowest BCUT2D eigenvalue weighted by atomic mass is 9.95. The van der Waals surface area contributed by atoms with E-state index < -0.39 is 12.1 Å². The van der Waals surface area contributed by atoms with Gasteiger partial charge in [-0.1, -0.05) is 12.1 Å². The maximum absolute atomic E-state index is 12.4. The van der Waals surface area contributed by atoms with Gasteiger partial charge in [-0.05, 0) is 25.9 Å². The smallest absolute Gasteiger partial charge is 0.391 e. The maximum atomic E-state index is 12.4. The summed E-state index contributed by atoms with van der Waals surface area (Å²) in [4.78, 5) is 1.92. The van der Waals surface area contributed by atoms with Gasteiger partial charge in [-0.15, -0.1) is 0 Å². The normalized spacial score (nSPS) is 22.7. The van der Waals surface area contributed by atoms with Gasteiger partial charge in [0.05, 0.1) is 5.92 Å². The zero-order valence-corrected chi connectivity index (χ0v) is 9.74. The molecule has 1 aliphatic rings. The van der Waals surface area contributed by atoms with Crippen LogP contribution in [0, 0.1) is 11.8 Å². The number of hydrogen-bond donors (Lipinski definition) is 2. The molecule has 0 aliphatic carbocycles. The number of nitrogens with zero attached hydrogens (tertiary/aromatic N) is 2. The van der Waals surface area contributed by atoms with Crippen molar-refractivity contribution in [3.05, 3.63) is 0 Å². The average molecular weight is 253 g/mol. The van der Waals surface area contributed by atoms with Gasteiger partial charge in [-0.2, -0.15) is 13.2 Å². The van der Waals surface area contributed by atoms with Gasteiger partial charge in [-0.25, -0.2) is 0 Å². The van der Waals surface area contributed by atoms with E-state index in [1.807, 2.05) is 4.90 Å². The number of rotatable bonds is 3. The molecule has 1 saturated heterocycles. The molecule has 3 N–H and O–H groups in total. The third kappa shape index (κ3) is 4.07. The summed E-state index contributed by atoms with van der Waals surface area (Å²) in [5.41, 5.74) is 5.42. The summed E-state index contributed by atoms with van der Waals surface area (Å²) in [5.74, 6) is -1.22. The van der Waals surface area contributed by atoms with Crippen molar-refractivity contribution in [2.24, 2.45) is 22.7 Å². The Balaban J connectivity index is 2.38. The Morgan fingerprint density at radius 2 is 2.00 bits per heavy atom. The Labute approximate surface area is 98.3 Å². The minimum atomic E-state index is -4.08. The Bertz CT molecular complexity index is 272. The zero-order valence-electron chi connectivity index (χ0n) is 9.74. The summed E-state index contributed by atoms with van der Waals surface area (Å²) < 4.78 is 37.3. The predicted molar refractivity (Wildman–Crippen MR) is 57.8 cm³/mol. The van der Waals surface area contributed by atoms with E-state index in [-0.39, 0.29) is 24.6 Å². The Kier molecular flexibility index (Phi) is 4.62. The van der Waals surface area contributed by atoms with Gasteiger partial charge in [0.15, 0.2) is 0 Å². The first-order valence-electron chi connectivity index (χ1n) is 5.61. The molecule has 0 spiro atoms. The summed E-state index contributed by atoms with van der Waals surface area (Å²) in [6, 6.07) is 0. The van der Waals surface area contributed by atoms with Crippen LogP contribution in [0.25, 0.3) is 0 Å². The highest BCUT2D eigenvalue weighted by Gasteiger charge is 2.41. The topological polar surface area (TPSA) is 61.8 Å². The highest BCUT2D eigenvalue weighted by atomic mass is 19.4. The summed E-state index contributed by atoms with van der Waals surface area (Å²) in [7, 11) is 0. The van der Waals surface area contributed by atoms with Crippen molar-refractivity contribution >= 4 is 5.84 Å². The molecule has 1 unspecified atom stereocenters. The molecule has 1 rings (SSSR count). The quantitative estimate of drug-likeness (QED) is 0.348. The van der Waals surface area contributed by atoms with Gasteiger partial charge >= 0.3 is 6.18 Å². The third-order valence-corrected chi connectivity index (χ3v) is 3.20. The van der Waals surface area contributed by atoms with E-state index in [0.29, 0.717) is 19.6 Å². The minimum absolute atomic E-state index is 0.114. The van der Waals surface area contributed by atoms with Gasteiger partial charge in [0.25, 0.3) is 0 Å². The molecule has 0 saturated carbocycles. The summed E-state index contributed by atoms with van der Waals surface area (Å²) >= 11 is 0. The zero-order chi connectivity index (χ0) is 13.1. The van der Waals surface area contributed by atoms with E-state index in [4.69, 9.17) is 10.9 Å². The fourth-order valence-corrected chi connectivity index (χ4v) is 2.02. The molecule has 4 nitrogen and oxygen atoms in total. The van der Waals surface area contributed by atoms with Crippen molar-refractivity contribution in [3.8, 4) is 0 Å². The molecule has 0 bridgehead atoms. The fourth-order valence-electron chi connectivity index (χ4n) is 2.02. The van der Waals surface area contributed by atoms with Gasteiger partial charge in [0, 0.05) is 12.5 Å². The fraction of sp³-hybridized carbons (Fsp3) is 0.900. The molecule has 7 heteroatoms. The van der Waals surface area contributed by atoms with Crippen molar-refractivity contribution in [3.63, 3.8) is 0 Å². The number of likely N-dealkylation sites (tertiary alicyclic amines) is 1. The third-order valence-electron chi connectivity index (χ3n) is 3.20. The van der Waals surface area contributed by atoms with Crippen molar-refractivity contribution in [2.45, 2.75) is 25.9 Å². The molecule has 17 heavy (non-hydrogen) atoms. The van der Waals surface area contributed by atoms with Crippen LogP contribution in [0.15, 0.2) is 5.16 Å². The first-order valence-corrected chi connectivity index (χ1v) is 5.61. The second-order valence-electron chi connectivity index (χ2n) is 4.54. The molecule has 0 radical (unpaired) electrons.